The molecule has 1 aliphatic heterocycles. The summed E-state index contributed by atoms with van der Waals surface area (Å²) in [6.45, 7) is 1.78. The molecule has 0 radical (unpaired) electrons. The third-order valence-electron chi connectivity index (χ3n) is 2.16. The Kier molecular flexibility index (Phi) is 3.24. The summed E-state index contributed by atoms with van der Waals surface area (Å²) in [6.07, 6.45) is 2.23. The number of aliphatic hydroxyl groups is 1. The Morgan fingerprint density at radius 1 is 1.50 bits per heavy atom. The van der Waals surface area contributed by atoms with Crippen molar-refractivity contribution in [2.24, 2.45) is 0 Å². The zero-order valence-corrected chi connectivity index (χ0v) is 7.88. The molecule has 14 heavy (non-hydrogen) atoms. The molecule has 5 nitrogen and oxygen atoms in total. The van der Waals surface area contributed by atoms with Crippen LogP contribution in [-0.2, 0) is 9.59 Å². The van der Waals surface area contributed by atoms with Gasteiger partial charge in [0.15, 0.2) is 0 Å². The standard InChI is InChI=1S/C9H13NO4/c1-2-3-8(12)10-5-6(11)4-7(10)9(13)14/h2-3,6-7,11H,4-5H2,1H3,(H,13,14)/b3-2+/t6-,7+/m1/s1. The fraction of sp³-hybridized carbons (Fsp3) is 0.556. The number of allylic oxidation sites excluding steroid dienone is 1. The normalized spacial score (nSPS) is 27.1. The number of aliphatic hydroxyl groups excluding tert-OH is 1. The monoisotopic (exact) mass is 199 g/mol. The van der Waals surface area contributed by atoms with Crippen molar-refractivity contribution in [3.05, 3.63) is 12.2 Å². The average Bonchev–Trinajstić information content (AvgIpc) is 2.48. The third kappa shape index (κ3) is 2.11. The molecule has 0 unspecified atom stereocenters. The number of aliphatic carboxylic acids is 1. The Bertz CT molecular complexity index is 274. The summed E-state index contributed by atoms with van der Waals surface area (Å²) in [5.41, 5.74) is 0. The van der Waals surface area contributed by atoms with Gasteiger partial charge < -0.3 is 15.1 Å². The second-order valence-corrected chi connectivity index (χ2v) is 3.23. The predicted octanol–water partition coefficient (Wildman–Crippen LogP) is -0.391. The summed E-state index contributed by atoms with van der Waals surface area (Å²) in [5.74, 6) is -1.43. The molecule has 78 valence electrons. The van der Waals surface area contributed by atoms with Crippen LogP contribution in [0.3, 0.4) is 0 Å². The highest BCUT2D eigenvalue weighted by Crippen LogP contribution is 2.18. The fourth-order valence-corrected chi connectivity index (χ4v) is 1.53. The first kappa shape index (κ1) is 10.7. The molecule has 0 bridgehead atoms. The molecule has 0 spiro atoms. The van der Waals surface area contributed by atoms with Gasteiger partial charge in [-0.2, -0.15) is 0 Å². The Hall–Kier alpha value is -1.36. The minimum absolute atomic E-state index is 0.0974. The first-order valence-electron chi connectivity index (χ1n) is 4.40. The van der Waals surface area contributed by atoms with Crippen LogP contribution in [0.25, 0.3) is 0 Å². The number of amides is 1. The number of likely N-dealkylation sites (tertiary alicyclic amines) is 1. The van der Waals surface area contributed by atoms with Crippen LogP contribution in [0.2, 0.25) is 0 Å². The number of rotatable bonds is 2. The summed E-state index contributed by atoms with van der Waals surface area (Å²) in [7, 11) is 0. The number of β-amino-alcohol motifs (C(OH)–C–C–N with tert-alkyl or cyclic N) is 1. The first-order chi connectivity index (χ1) is 6.56. The van der Waals surface area contributed by atoms with Crippen molar-refractivity contribution in [3.63, 3.8) is 0 Å². The molecule has 1 fully saturated rings. The van der Waals surface area contributed by atoms with Crippen LogP contribution in [0.15, 0.2) is 12.2 Å². The van der Waals surface area contributed by atoms with Crippen molar-refractivity contribution in [1.82, 2.24) is 4.90 Å². The van der Waals surface area contributed by atoms with Crippen molar-refractivity contribution >= 4 is 11.9 Å². The molecule has 0 aliphatic carbocycles. The van der Waals surface area contributed by atoms with Crippen LogP contribution in [-0.4, -0.2) is 45.7 Å². The van der Waals surface area contributed by atoms with E-state index < -0.39 is 18.1 Å². The van der Waals surface area contributed by atoms with E-state index in [-0.39, 0.29) is 18.9 Å². The lowest BCUT2D eigenvalue weighted by atomic mass is 10.2. The highest BCUT2D eigenvalue weighted by atomic mass is 16.4. The minimum Gasteiger partial charge on any atom is -0.480 e. The van der Waals surface area contributed by atoms with E-state index in [2.05, 4.69) is 0 Å². The van der Waals surface area contributed by atoms with Gasteiger partial charge in [-0.05, 0) is 13.0 Å². The van der Waals surface area contributed by atoms with Gasteiger partial charge in [0.25, 0.3) is 0 Å². The van der Waals surface area contributed by atoms with Crippen LogP contribution in [0.5, 0.6) is 0 Å². The minimum atomic E-state index is -1.07. The van der Waals surface area contributed by atoms with Crippen molar-refractivity contribution in [2.75, 3.05) is 6.54 Å². The average molecular weight is 199 g/mol. The van der Waals surface area contributed by atoms with Crippen LogP contribution < -0.4 is 0 Å². The highest BCUT2D eigenvalue weighted by molar-refractivity contribution is 5.91. The summed E-state index contributed by atoms with van der Waals surface area (Å²) in [6, 6.07) is -0.895. The van der Waals surface area contributed by atoms with E-state index in [1.165, 1.54) is 11.0 Å². The lowest BCUT2D eigenvalue weighted by Gasteiger charge is -2.18. The van der Waals surface area contributed by atoms with Gasteiger partial charge in [-0.15, -0.1) is 0 Å². The van der Waals surface area contributed by atoms with E-state index in [1.54, 1.807) is 13.0 Å². The van der Waals surface area contributed by atoms with Gasteiger partial charge in [0.2, 0.25) is 5.91 Å². The van der Waals surface area contributed by atoms with E-state index in [1.807, 2.05) is 0 Å². The fourth-order valence-electron chi connectivity index (χ4n) is 1.53. The molecule has 1 aliphatic rings. The Labute approximate surface area is 81.6 Å². The van der Waals surface area contributed by atoms with E-state index in [9.17, 15) is 14.7 Å². The molecule has 1 rings (SSSR count). The largest absolute Gasteiger partial charge is 0.480 e. The number of carbonyl (C=O) groups is 2. The zero-order chi connectivity index (χ0) is 10.7. The quantitative estimate of drug-likeness (QED) is 0.594. The van der Waals surface area contributed by atoms with Crippen LogP contribution >= 0.6 is 0 Å². The number of carbonyl (C=O) groups excluding carboxylic acids is 1. The Morgan fingerprint density at radius 2 is 2.14 bits per heavy atom. The van der Waals surface area contributed by atoms with Crippen molar-refractivity contribution in [1.29, 1.82) is 0 Å². The Morgan fingerprint density at radius 3 is 2.64 bits per heavy atom. The Balaban J connectivity index is 2.76. The van der Waals surface area contributed by atoms with Gasteiger partial charge in [0.1, 0.15) is 6.04 Å². The van der Waals surface area contributed by atoms with Crippen molar-refractivity contribution in [2.45, 2.75) is 25.5 Å². The number of hydrogen-bond acceptors (Lipinski definition) is 3. The lowest BCUT2D eigenvalue weighted by molar-refractivity contribution is -0.146. The van der Waals surface area contributed by atoms with E-state index >= 15 is 0 Å². The summed E-state index contributed by atoms with van der Waals surface area (Å²) in [4.78, 5) is 23.3. The van der Waals surface area contributed by atoms with Gasteiger partial charge in [0.05, 0.1) is 6.10 Å². The molecule has 1 saturated heterocycles. The molecule has 0 aromatic heterocycles. The molecular weight excluding hydrogens is 186 g/mol. The summed E-state index contributed by atoms with van der Waals surface area (Å²) < 4.78 is 0. The summed E-state index contributed by atoms with van der Waals surface area (Å²) in [5, 5.41) is 18.0. The van der Waals surface area contributed by atoms with Gasteiger partial charge in [-0.3, -0.25) is 4.79 Å². The molecule has 1 amide bonds. The highest BCUT2D eigenvalue weighted by Gasteiger charge is 2.37. The lowest BCUT2D eigenvalue weighted by Crippen LogP contribution is -2.39. The molecule has 2 atom stereocenters. The van der Waals surface area contributed by atoms with Gasteiger partial charge in [0, 0.05) is 13.0 Å². The number of nitrogens with zero attached hydrogens (tertiary/aromatic N) is 1. The van der Waals surface area contributed by atoms with Gasteiger partial charge in [-0.25, -0.2) is 4.79 Å². The van der Waals surface area contributed by atoms with Crippen LogP contribution in [0, 0.1) is 0 Å². The molecule has 5 heteroatoms. The van der Waals surface area contributed by atoms with E-state index in [4.69, 9.17) is 5.11 Å². The number of carboxylic acid groups (broad SMARTS) is 1. The molecular formula is C9H13NO4. The van der Waals surface area contributed by atoms with Gasteiger partial charge in [-0.1, -0.05) is 6.08 Å². The maximum absolute atomic E-state index is 11.4. The molecule has 0 aromatic rings. The summed E-state index contributed by atoms with van der Waals surface area (Å²) >= 11 is 0. The first-order valence-corrected chi connectivity index (χ1v) is 4.40. The van der Waals surface area contributed by atoms with Crippen LogP contribution in [0.1, 0.15) is 13.3 Å². The SMILES string of the molecule is C/C=C/C(=O)N1C[C@H](O)C[C@H]1C(=O)O. The second-order valence-electron chi connectivity index (χ2n) is 3.23. The topological polar surface area (TPSA) is 77.8 Å². The van der Waals surface area contributed by atoms with Crippen LogP contribution in [0.4, 0.5) is 0 Å². The maximum Gasteiger partial charge on any atom is 0.326 e. The molecule has 1 heterocycles. The molecule has 0 saturated carbocycles. The van der Waals surface area contributed by atoms with Crippen molar-refractivity contribution < 1.29 is 19.8 Å². The maximum atomic E-state index is 11.4. The van der Waals surface area contributed by atoms with E-state index in [0.29, 0.717) is 0 Å². The van der Waals surface area contributed by atoms with Crippen molar-refractivity contribution in [3.8, 4) is 0 Å². The second kappa shape index (κ2) is 4.23. The third-order valence-corrected chi connectivity index (χ3v) is 2.16. The van der Waals surface area contributed by atoms with E-state index in [0.717, 1.165) is 0 Å². The number of carboxylic acids is 1. The number of hydrogen-bond donors (Lipinski definition) is 2. The molecule has 2 N–H and O–H groups in total. The zero-order valence-electron chi connectivity index (χ0n) is 7.88. The molecule has 0 aromatic carbocycles. The van der Waals surface area contributed by atoms with Gasteiger partial charge >= 0.3 is 5.97 Å². The predicted molar refractivity (Wildman–Crippen MR) is 48.6 cm³/mol. The smallest absolute Gasteiger partial charge is 0.326 e.